The molecule has 23 heavy (non-hydrogen) atoms. The second kappa shape index (κ2) is 6.17. The number of pyridine rings is 1. The van der Waals surface area contributed by atoms with Gasteiger partial charge in [0.05, 0.1) is 10.5 Å². The van der Waals surface area contributed by atoms with E-state index in [-0.39, 0.29) is 16.2 Å². The number of hydrogen-bond donors (Lipinski definition) is 2. The van der Waals surface area contributed by atoms with Gasteiger partial charge in [-0.05, 0) is 37.6 Å². The van der Waals surface area contributed by atoms with E-state index in [9.17, 15) is 18.0 Å². The van der Waals surface area contributed by atoms with Gasteiger partial charge < -0.3 is 5.11 Å². The third kappa shape index (κ3) is 3.72. The highest BCUT2D eigenvalue weighted by atomic mass is 32.2. The highest BCUT2D eigenvalue weighted by Gasteiger charge is 2.22. The first-order chi connectivity index (χ1) is 10.7. The van der Waals surface area contributed by atoms with Crippen molar-refractivity contribution >= 4 is 21.9 Å². The lowest BCUT2D eigenvalue weighted by atomic mass is 10.2. The number of carbonyl (C=O) groups excluding carboxylic acids is 1. The first-order valence-corrected chi connectivity index (χ1v) is 8.03. The summed E-state index contributed by atoms with van der Waals surface area (Å²) in [5.74, 6) is -2.23. The van der Waals surface area contributed by atoms with Crippen molar-refractivity contribution in [2.75, 3.05) is 0 Å². The zero-order valence-electron chi connectivity index (χ0n) is 12.4. The first-order valence-electron chi connectivity index (χ1n) is 6.54. The van der Waals surface area contributed by atoms with Crippen molar-refractivity contribution in [2.45, 2.75) is 18.7 Å². The molecule has 0 aliphatic rings. The van der Waals surface area contributed by atoms with Gasteiger partial charge in [-0.2, -0.15) is 0 Å². The average Bonchev–Trinajstić information content (AvgIpc) is 2.46. The van der Waals surface area contributed by atoms with Crippen molar-refractivity contribution in [2.24, 2.45) is 0 Å². The molecule has 0 saturated heterocycles. The van der Waals surface area contributed by atoms with Crippen LogP contribution in [-0.2, 0) is 10.0 Å². The van der Waals surface area contributed by atoms with Gasteiger partial charge in [-0.3, -0.25) is 9.78 Å². The van der Waals surface area contributed by atoms with Crippen LogP contribution in [0, 0.1) is 13.8 Å². The number of carboxylic acids is 1. The van der Waals surface area contributed by atoms with E-state index in [4.69, 9.17) is 5.11 Å². The monoisotopic (exact) mass is 334 g/mol. The minimum absolute atomic E-state index is 0.0224. The summed E-state index contributed by atoms with van der Waals surface area (Å²) in [6.07, 6.45) is 1.13. The molecular formula is C15H14N2O5S. The summed E-state index contributed by atoms with van der Waals surface area (Å²) in [6, 6.07) is 6.92. The van der Waals surface area contributed by atoms with E-state index in [0.29, 0.717) is 5.56 Å². The predicted octanol–water partition coefficient (Wildman–Crippen LogP) is 1.52. The molecule has 0 bridgehead atoms. The Hall–Kier alpha value is -2.74. The smallest absolute Gasteiger partial charge is 0.335 e. The van der Waals surface area contributed by atoms with Crippen molar-refractivity contribution in [1.29, 1.82) is 0 Å². The van der Waals surface area contributed by atoms with Crippen LogP contribution in [0.1, 0.15) is 32.0 Å². The molecule has 0 aliphatic carbocycles. The van der Waals surface area contributed by atoms with Crippen LogP contribution in [0.2, 0.25) is 0 Å². The van der Waals surface area contributed by atoms with Crippen LogP contribution in [0.5, 0.6) is 0 Å². The summed E-state index contributed by atoms with van der Waals surface area (Å²) in [5.41, 5.74) is 0.938. The molecule has 0 radical (unpaired) electrons. The number of aryl methyl sites for hydroxylation is 2. The van der Waals surface area contributed by atoms with E-state index >= 15 is 0 Å². The molecule has 1 aromatic heterocycles. The van der Waals surface area contributed by atoms with Crippen LogP contribution in [0.25, 0.3) is 0 Å². The maximum atomic E-state index is 12.3. The summed E-state index contributed by atoms with van der Waals surface area (Å²) < 4.78 is 26.5. The van der Waals surface area contributed by atoms with Gasteiger partial charge in [0.15, 0.2) is 0 Å². The van der Waals surface area contributed by atoms with E-state index in [1.807, 2.05) is 11.6 Å². The Morgan fingerprint density at radius 2 is 1.83 bits per heavy atom. The number of carbonyl (C=O) groups is 2. The molecule has 1 heterocycles. The molecule has 7 nitrogen and oxygen atoms in total. The molecule has 120 valence electrons. The largest absolute Gasteiger partial charge is 0.478 e. The molecule has 0 unspecified atom stereocenters. The molecule has 2 rings (SSSR count). The van der Waals surface area contributed by atoms with Crippen molar-refractivity contribution in [3.05, 3.63) is 58.9 Å². The fourth-order valence-corrected chi connectivity index (χ4v) is 3.21. The number of carboxylic acid groups (broad SMARTS) is 1. The third-order valence-corrected chi connectivity index (χ3v) is 4.58. The fourth-order valence-electron chi connectivity index (χ4n) is 2.02. The van der Waals surface area contributed by atoms with E-state index in [1.165, 1.54) is 12.1 Å². The molecule has 0 atom stereocenters. The van der Waals surface area contributed by atoms with Crippen molar-refractivity contribution < 1.29 is 23.1 Å². The van der Waals surface area contributed by atoms with Gasteiger partial charge >= 0.3 is 5.97 Å². The van der Waals surface area contributed by atoms with Gasteiger partial charge in [0, 0.05) is 6.20 Å². The summed E-state index contributed by atoms with van der Waals surface area (Å²) in [5, 5.41) is 8.89. The summed E-state index contributed by atoms with van der Waals surface area (Å²) in [6.45, 7) is 3.44. The summed E-state index contributed by atoms with van der Waals surface area (Å²) in [7, 11) is -4.08. The lowest BCUT2D eigenvalue weighted by Gasteiger charge is -2.10. The molecular weight excluding hydrogens is 320 g/mol. The molecule has 0 fully saturated rings. The molecule has 2 aromatic rings. The number of sulfonamides is 1. The van der Waals surface area contributed by atoms with Gasteiger partial charge in [-0.25, -0.2) is 17.9 Å². The third-order valence-electron chi connectivity index (χ3n) is 3.09. The SMILES string of the molecule is Cc1ccc(S(=O)(=O)NC(=O)c2cc(C(=O)O)ccn2)c(C)c1. The summed E-state index contributed by atoms with van der Waals surface area (Å²) in [4.78, 5) is 26.6. The first kappa shape index (κ1) is 16.6. The molecule has 0 aliphatic heterocycles. The Kier molecular flexibility index (Phi) is 4.46. The number of benzene rings is 1. The number of rotatable bonds is 4. The zero-order chi connectivity index (χ0) is 17.2. The molecule has 0 spiro atoms. The van der Waals surface area contributed by atoms with Crippen molar-refractivity contribution in [3.63, 3.8) is 0 Å². The zero-order valence-corrected chi connectivity index (χ0v) is 13.2. The number of nitrogens with zero attached hydrogens (tertiary/aromatic N) is 1. The van der Waals surface area contributed by atoms with Crippen LogP contribution in [0.3, 0.4) is 0 Å². The topological polar surface area (TPSA) is 113 Å². The Morgan fingerprint density at radius 3 is 2.43 bits per heavy atom. The molecule has 1 amide bonds. The standard InChI is InChI=1S/C15H14N2O5S/c1-9-3-4-13(10(2)7-9)23(21,22)17-14(18)12-8-11(15(19)20)5-6-16-12/h3-8H,1-2H3,(H,17,18)(H,19,20). The lowest BCUT2D eigenvalue weighted by Crippen LogP contribution is -2.31. The van der Waals surface area contributed by atoms with Gasteiger partial charge in [0.1, 0.15) is 5.69 Å². The molecule has 0 saturated carbocycles. The van der Waals surface area contributed by atoms with Crippen molar-refractivity contribution in [1.82, 2.24) is 9.71 Å². The quantitative estimate of drug-likeness (QED) is 0.876. The van der Waals surface area contributed by atoms with E-state index in [1.54, 1.807) is 19.1 Å². The number of amides is 1. The number of aromatic nitrogens is 1. The van der Waals surface area contributed by atoms with Crippen molar-refractivity contribution in [3.8, 4) is 0 Å². The van der Waals surface area contributed by atoms with Crippen LogP contribution < -0.4 is 4.72 Å². The minimum Gasteiger partial charge on any atom is -0.478 e. The Balaban J connectivity index is 2.32. The Morgan fingerprint density at radius 1 is 1.13 bits per heavy atom. The average molecular weight is 334 g/mol. The highest BCUT2D eigenvalue weighted by Crippen LogP contribution is 2.16. The van der Waals surface area contributed by atoms with Gasteiger partial charge in [0.25, 0.3) is 15.9 Å². The van der Waals surface area contributed by atoms with Crippen LogP contribution in [0.15, 0.2) is 41.4 Å². The van der Waals surface area contributed by atoms with E-state index in [0.717, 1.165) is 17.8 Å². The highest BCUT2D eigenvalue weighted by molar-refractivity contribution is 7.90. The second-order valence-corrected chi connectivity index (χ2v) is 6.59. The Bertz CT molecular complexity index is 890. The normalized spacial score (nSPS) is 11.0. The maximum Gasteiger partial charge on any atom is 0.335 e. The fraction of sp³-hybridized carbons (Fsp3) is 0.133. The number of aromatic carboxylic acids is 1. The van der Waals surface area contributed by atoms with Gasteiger partial charge in [0.2, 0.25) is 0 Å². The maximum absolute atomic E-state index is 12.3. The van der Waals surface area contributed by atoms with Crippen LogP contribution in [0.4, 0.5) is 0 Å². The molecule has 1 aromatic carbocycles. The summed E-state index contributed by atoms with van der Waals surface area (Å²) >= 11 is 0. The second-order valence-electron chi connectivity index (χ2n) is 4.94. The van der Waals surface area contributed by atoms with E-state index < -0.39 is 21.9 Å². The van der Waals surface area contributed by atoms with E-state index in [2.05, 4.69) is 4.98 Å². The number of nitrogens with one attached hydrogen (secondary N) is 1. The lowest BCUT2D eigenvalue weighted by molar-refractivity contribution is 0.0696. The van der Waals surface area contributed by atoms with Crippen LogP contribution in [-0.4, -0.2) is 30.4 Å². The Labute approximate surface area is 133 Å². The van der Waals surface area contributed by atoms with Gasteiger partial charge in [-0.1, -0.05) is 17.7 Å². The minimum atomic E-state index is -4.08. The predicted molar refractivity (Wildman–Crippen MR) is 81.8 cm³/mol. The number of hydrogen-bond acceptors (Lipinski definition) is 5. The van der Waals surface area contributed by atoms with Gasteiger partial charge in [-0.15, -0.1) is 0 Å². The molecule has 2 N–H and O–H groups in total. The van der Waals surface area contributed by atoms with Crippen LogP contribution >= 0.6 is 0 Å². The molecule has 8 heteroatoms.